The Kier molecular flexibility index (Phi) is 11.9. The third-order valence-electron chi connectivity index (χ3n) is 6.43. The maximum atomic E-state index is 12.7. The summed E-state index contributed by atoms with van der Waals surface area (Å²) in [7, 11) is 0. The number of aromatic nitrogens is 3. The number of carbonyl (C=O) groups excluding carboxylic acids is 2. The summed E-state index contributed by atoms with van der Waals surface area (Å²) in [5, 5.41) is 39.8. The molecule has 0 bridgehead atoms. The lowest BCUT2D eigenvalue weighted by Gasteiger charge is -2.18. The highest BCUT2D eigenvalue weighted by Gasteiger charge is 2.25. The average molecular weight is 598 g/mol. The number of rotatable bonds is 17. The molecule has 0 unspecified atom stereocenters. The van der Waals surface area contributed by atoms with Crippen LogP contribution in [0.5, 0.6) is 0 Å². The highest BCUT2D eigenvalue weighted by atomic mass is 19.1. The first-order valence-electron chi connectivity index (χ1n) is 13.4. The third kappa shape index (κ3) is 10.6. The second-order valence-electron chi connectivity index (χ2n) is 9.86. The Labute approximate surface area is 245 Å². The first-order chi connectivity index (χ1) is 20.5. The van der Waals surface area contributed by atoms with E-state index in [1.807, 2.05) is 24.3 Å². The molecule has 3 aromatic rings. The van der Waals surface area contributed by atoms with E-state index in [1.165, 1.54) is 0 Å². The van der Waals surface area contributed by atoms with Crippen LogP contribution in [0.15, 0.2) is 54.7 Å². The molecule has 0 fully saturated rings. The number of nitrogens with one attached hydrogen (secondary N) is 2. The fourth-order valence-corrected chi connectivity index (χ4v) is 4.18. The van der Waals surface area contributed by atoms with E-state index in [1.54, 1.807) is 35.1 Å². The molecular formula is C29H32FN5O8. The van der Waals surface area contributed by atoms with Crippen molar-refractivity contribution >= 4 is 29.7 Å². The van der Waals surface area contributed by atoms with Gasteiger partial charge in [0.1, 0.15) is 17.9 Å². The minimum absolute atomic E-state index is 0.0348. The van der Waals surface area contributed by atoms with Crippen molar-refractivity contribution in [3.8, 4) is 5.69 Å². The van der Waals surface area contributed by atoms with E-state index < -0.39 is 49.1 Å². The second kappa shape index (κ2) is 15.7. The molecule has 0 aliphatic carbocycles. The van der Waals surface area contributed by atoms with Crippen LogP contribution >= 0.6 is 0 Å². The van der Waals surface area contributed by atoms with E-state index in [2.05, 4.69) is 20.9 Å². The number of halogens is 1. The summed E-state index contributed by atoms with van der Waals surface area (Å²) < 4.78 is 14.0. The van der Waals surface area contributed by atoms with Crippen LogP contribution in [0.1, 0.15) is 41.6 Å². The minimum Gasteiger partial charge on any atom is -0.481 e. The Morgan fingerprint density at radius 3 is 1.93 bits per heavy atom. The first kappa shape index (κ1) is 32.4. The topological polar surface area (TPSA) is 201 Å². The molecule has 0 saturated carbocycles. The molecule has 2 aromatic carbocycles. The molecule has 14 heteroatoms. The second-order valence-corrected chi connectivity index (χ2v) is 9.86. The zero-order valence-electron chi connectivity index (χ0n) is 23.1. The highest BCUT2D eigenvalue weighted by Crippen LogP contribution is 2.13. The Morgan fingerprint density at radius 2 is 1.37 bits per heavy atom. The van der Waals surface area contributed by atoms with Gasteiger partial charge in [0.05, 0.1) is 24.3 Å². The van der Waals surface area contributed by atoms with Gasteiger partial charge in [-0.05, 0) is 48.1 Å². The number of ketones is 1. The molecule has 43 heavy (non-hydrogen) atoms. The Bertz CT molecular complexity index is 1430. The smallest absolute Gasteiger partial charge is 0.326 e. The molecule has 5 N–H and O–H groups in total. The van der Waals surface area contributed by atoms with Crippen molar-refractivity contribution in [1.82, 2.24) is 25.6 Å². The molecular weight excluding hydrogens is 565 g/mol. The monoisotopic (exact) mass is 597 g/mol. The van der Waals surface area contributed by atoms with E-state index in [-0.39, 0.29) is 31.5 Å². The van der Waals surface area contributed by atoms with Gasteiger partial charge in [-0.25, -0.2) is 19.1 Å². The van der Waals surface area contributed by atoms with Gasteiger partial charge in [-0.2, -0.15) is 0 Å². The van der Waals surface area contributed by atoms with Crippen molar-refractivity contribution in [3.05, 3.63) is 77.1 Å². The van der Waals surface area contributed by atoms with Crippen LogP contribution < -0.4 is 10.6 Å². The van der Waals surface area contributed by atoms with Crippen molar-refractivity contribution in [2.45, 2.75) is 57.0 Å². The third-order valence-corrected chi connectivity index (χ3v) is 6.43. The summed E-state index contributed by atoms with van der Waals surface area (Å²) >= 11 is 0. The maximum Gasteiger partial charge on any atom is 0.326 e. The highest BCUT2D eigenvalue weighted by molar-refractivity contribution is 5.86. The zero-order valence-corrected chi connectivity index (χ0v) is 23.1. The lowest BCUT2D eigenvalue weighted by Crippen LogP contribution is -2.51. The first-order valence-corrected chi connectivity index (χ1v) is 13.4. The van der Waals surface area contributed by atoms with Gasteiger partial charge in [-0.15, -0.1) is 5.10 Å². The van der Waals surface area contributed by atoms with Crippen LogP contribution in [0.2, 0.25) is 0 Å². The normalized spacial score (nSPS) is 12.2. The van der Waals surface area contributed by atoms with Gasteiger partial charge in [0.2, 0.25) is 0 Å². The van der Waals surface area contributed by atoms with Crippen LogP contribution in [0, 0.1) is 0 Å². The number of alkyl halides is 1. The van der Waals surface area contributed by atoms with Gasteiger partial charge < -0.3 is 26.0 Å². The van der Waals surface area contributed by atoms with E-state index in [0.717, 1.165) is 11.3 Å². The number of aliphatic carboxylic acids is 3. The van der Waals surface area contributed by atoms with Crippen molar-refractivity contribution in [2.24, 2.45) is 0 Å². The van der Waals surface area contributed by atoms with Crippen LogP contribution in [0.3, 0.4) is 0 Å². The van der Waals surface area contributed by atoms with Crippen molar-refractivity contribution in [1.29, 1.82) is 0 Å². The molecule has 1 aromatic heterocycles. The van der Waals surface area contributed by atoms with Crippen LogP contribution in [0.25, 0.3) is 5.69 Å². The van der Waals surface area contributed by atoms with E-state index in [0.29, 0.717) is 29.7 Å². The summed E-state index contributed by atoms with van der Waals surface area (Å²) in [6.07, 6.45) is 2.01. The van der Waals surface area contributed by atoms with Gasteiger partial charge >= 0.3 is 23.9 Å². The number of Topliss-reactive ketones (excluding diaryl/α,β-unsaturated/α-hetero) is 1. The number of aryl methyl sites for hydroxylation is 1. The van der Waals surface area contributed by atoms with Crippen molar-refractivity contribution < 1.29 is 43.7 Å². The number of urea groups is 1. The van der Waals surface area contributed by atoms with E-state index in [9.17, 15) is 38.6 Å². The summed E-state index contributed by atoms with van der Waals surface area (Å²) in [6.45, 7) is -0.416. The fraction of sp³-hybridized carbons (Fsp3) is 0.345. The van der Waals surface area contributed by atoms with Gasteiger partial charge in [-0.1, -0.05) is 41.6 Å². The fourth-order valence-electron chi connectivity index (χ4n) is 4.18. The molecule has 3 rings (SSSR count). The molecule has 0 saturated heterocycles. The van der Waals surface area contributed by atoms with E-state index >= 15 is 0 Å². The Hall–Kier alpha value is -5.14. The predicted octanol–water partition coefficient (Wildman–Crippen LogP) is 2.14. The summed E-state index contributed by atoms with van der Waals surface area (Å²) in [6, 6.07) is 9.98. The minimum atomic E-state index is -1.50. The average Bonchev–Trinajstić information content (AvgIpc) is 3.44. The SMILES string of the molecule is O=C(O)CC[C@H](NC(=O)N[C@@H](Cc1ccc(CC(=O)Cc2ccc(-n3cc(CCCF)nn3)cc2)cc1)C(=O)O)C(=O)O. The standard InChI is InChI=1S/C29H32FN5O8/c30-13-1-2-21-17-35(34-33-21)22-9-7-19(8-10-22)15-23(36)14-18-3-5-20(6-4-18)16-25(28(41)42)32-29(43)31-24(27(39)40)11-12-26(37)38/h3-10,17,24-25H,1-2,11-16H2,(H,37,38)(H,39,40)(H,41,42)(H2,31,32,43)/t24-,25-/m0/s1. The summed E-state index contributed by atoms with van der Waals surface area (Å²) in [5.41, 5.74) is 3.54. The quantitative estimate of drug-likeness (QED) is 0.153. The molecule has 2 atom stereocenters. The van der Waals surface area contributed by atoms with Crippen LogP contribution in [-0.2, 0) is 44.9 Å². The lowest BCUT2D eigenvalue weighted by molar-refractivity contribution is -0.140. The number of nitrogens with zero attached hydrogens (tertiary/aromatic N) is 3. The Balaban J connectivity index is 1.51. The van der Waals surface area contributed by atoms with Crippen molar-refractivity contribution in [3.63, 3.8) is 0 Å². The number of carboxylic acid groups (broad SMARTS) is 3. The zero-order chi connectivity index (χ0) is 31.4. The summed E-state index contributed by atoms with van der Waals surface area (Å²) in [5.74, 6) is -4.06. The molecule has 0 spiro atoms. The molecule has 2 amide bonds. The number of carboxylic acids is 3. The van der Waals surface area contributed by atoms with Crippen LogP contribution in [-0.4, -0.2) is 78.8 Å². The Morgan fingerprint density at radius 1 is 0.814 bits per heavy atom. The lowest BCUT2D eigenvalue weighted by atomic mass is 9.99. The molecule has 0 aliphatic heterocycles. The number of hydrogen-bond acceptors (Lipinski definition) is 7. The maximum absolute atomic E-state index is 12.7. The number of amides is 2. The van der Waals surface area contributed by atoms with Gasteiger partial charge in [0.25, 0.3) is 0 Å². The molecule has 0 radical (unpaired) electrons. The number of carbonyl (C=O) groups is 5. The van der Waals surface area contributed by atoms with Gasteiger partial charge in [-0.3, -0.25) is 14.0 Å². The molecule has 13 nitrogen and oxygen atoms in total. The van der Waals surface area contributed by atoms with Gasteiger partial charge in [0, 0.05) is 25.7 Å². The van der Waals surface area contributed by atoms with Crippen LogP contribution in [0.4, 0.5) is 9.18 Å². The van der Waals surface area contributed by atoms with Gasteiger partial charge in [0.15, 0.2) is 0 Å². The summed E-state index contributed by atoms with van der Waals surface area (Å²) in [4.78, 5) is 58.5. The number of hydrogen-bond donors (Lipinski definition) is 5. The molecule has 228 valence electrons. The predicted molar refractivity (Wildman–Crippen MR) is 150 cm³/mol. The van der Waals surface area contributed by atoms with E-state index in [4.69, 9.17) is 5.11 Å². The number of benzene rings is 2. The largest absolute Gasteiger partial charge is 0.481 e. The molecule has 1 heterocycles. The molecule has 0 aliphatic rings. The van der Waals surface area contributed by atoms with Crippen molar-refractivity contribution in [2.75, 3.05) is 6.67 Å².